The molecule has 0 amide bonds. The first kappa shape index (κ1) is 27.5. The summed E-state index contributed by atoms with van der Waals surface area (Å²) in [6.07, 6.45) is -4.52. The van der Waals surface area contributed by atoms with Gasteiger partial charge in [-0.3, -0.25) is 4.90 Å². The first-order valence-corrected chi connectivity index (χ1v) is 13.1. The minimum atomic E-state index is -4.52. The Bertz CT molecular complexity index is 1440. The first-order valence-electron chi connectivity index (χ1n) is 13.1. The van der Waals surface area contributed by atoms with Crippen molar-refractivity contribution in [2.75, 3.05) is 0 Å². The van der Waals surface area contributed by atoms with Crippen LogP contribution in [0.5, 0.6) is 0 Å². The maximum absolute atomic E-state index is 13.2. The van der Waals surface area contributed by atoms with Crippen LogP contribution in [-0.4, -0.2) is 23.2 Å². The van der Waals surface area contributed by atoms with Crippen LogP contribution >= 0.6 is 0 Å². The second kappa shape index (κ2) is 10.2. The van der Waals surface area contributed by atoms with Gasteiger partial charge < -0.3 is 13.7 Å². The Kier molecular flexibility index (Phi) is 7.16. The van der Waals surface area contributed by atoms with Crippen molar-refractivity contribution < 1.29 is 26.9 Å². The Labute approximate surface area is 227 Å². The number of rotatable bonds is 7. The lowest BCUT2D eigenvalue weighted by molar-refractivity contribution is -0.153. The Morgan fingerprint density at radius 1 is 0.769 bits per heavy atom. The Morgan fingerprint density at radius 3 is 2.08 bits per heavy atom. The van der Waals surface area contributed by atoms with Crippen molar-refractivity contribution in [3.8, 4) is 0 Å². The third-order valence-corrected chi connectivity index (χ3v) is 7.89. The van der Waals surface area contributed by atoms with Gasteiger partial charge in [-0.25, -0.2) is 0 Å². The molecular formula is C31H33BF3NO3. The number of benzene rings is 3. The summed E-state index contributed by atoms with van der Waals surface area (Å²) >= 11 is 0. The molecule has 8 heteroatoms. The van der Waals surface area contributed by atoms with E-state index in [-0.39, 0.29) is 12.3 Å². The van der Waals surface area contributed by atoms with E-state index in [2.05, 4.69) is 36.1 Å². The smallest absolute Gasteiger partial charge is 0.455 e. The minimum absolute atomic E-state index is 0.234. The summed E-state index contributed by atoms with van der Waals surface area (Å²) in [6.45, 7) is 11.5. The topological polar surface area (TPSA) is 34.8 Å². The zero-order chi connectivity index (χ0) is 28.0. The Balaban J connectivity index is 1.41. The van der Waals surface area contributed by atoms with E-state index < -0.39 is 30.3 Å². The van der Waals surface area contributed by atoms with Crippen molar-refractivity contribution >= 4 is 23.4 Å². The standard InChI is InChI=1S/C31H33BF3NO3/c1-21-10-13-23-8-6-7-9-26(23)27(21)20-36(19-25-16-17-28(37-25)31(33,34)35)18-22-11-14-24(15-12-22)32-38-29(2,3)30(4,5)39-32/h6-17H,18-20H2,1-5H3. The molecule has 1 aliphatic heterocycles. The van der Waals surface area contributed by atoms with Gasteiger partial charge in [0.15, 0.2) is 0 Å². The zero-order valence-electron chi connectivity index (χ0n) is 22.9. The van der Waals surface area contributed by atoms with Gasteiger partial charge in [-0.15, -0.1) is 0 Å². The summed E-state index contributed by atoms with van der Waals surface area (Å²) < 4.78 is 57.1. The highest BCUT2D eigenvalue weighted by Crippen LogP contribution is 2.36. The third-order valence-electron chi connectivity index (χ3n) is 7.89. The van der Waals surface area contributed by atoms with Gasteiger partial charge in [0.05, 0.1) is 17.7 Å². The maximum Gasteiger partial charge on any atom is 0.494 e. The number of halogens is 3. The lowest BCUT2D eigenvalue weighted by atomic mass is 9.79. The van der Waals surface area contributed by atoms with Crippen LogP contribution in [0.1, 0.15) is 55.9 Å². The van der Waals surface area contributed by atoms with Gasteiger partial charge in [0.2, 0.25) is 5.76 Å². The fourth-order valence-corrected chi connectivity index (χ4v) is 4.90. The average Bonchev–Trinajstić information content (AvgIpc) is 3.42. The summed E-state index contributed by atoms with van der Waals surface area (Å²) in [5.41, 5.74) is 3.36. The molecule has 2 heterocycles. The molecule has 39 heavy (non-hydrogen) atoms. The monoisotopic (exact) mass is 535 g/mol. The average molecular weight is 535 g/mol. The number of furan rings is 1. The number of aryl methyl sites for hydroxylation is 1. The predicted octanol–water partition coefficient (Wildman–Crippen LogP) is 7.26. The molecule has 5 rings (SSSR count). The molecule has 1 fully saturated rings. The number of hydrogen-bond acceptors (Lipinski definition) is 4. The second-order valence-corrected chi connectivity index (χ2v) is 11.3. The minimum Gasteiger partial charge on any atom is -0.455 e. The summed E-state index contributed by atoms with van der Waals surface area (Å²) in [5, 5.41) is 2.26. The predicted molar refractivity (Wildman–Crippen MR) is 148 cm³/mol. The van der Waals surface area contributed by atoms with Crippen molar-refractivity contribution in [1.29, 1.82) is 0 Å². The number of nitrogens with zero attached hydrogens (tertiary/aromatic N) is 1. The Hall–Kier alpha value is -3.07. The van der Waals surface area contributed by atoms with Crippen LogP contribution in [0.4, 0.5) is 13.2 Å². The molecule has 1 aromatic heterocycles. The Morgan fingerprint density at radius 2 is 1.44 bits per heavy atom. The van der Waals surface area contributed by atoms with E-state index in [1.165, 1.54) is 6.07 Å². The molecule has 0 atom stereocenters. The van der Waals surface area contributed by atoms with Gasteiger partial charge in [0.25, 0.3) is 0 Å². The van der Waals surface area contributed by atoms with Crippen LogP contribution in [-0.2, 0) is 35.1 Å². The van der Waals surface area contributed by atoms with E-state index in [4.69, 9.17) is 13.7 Å². The summed E-state index contributed by atoms with van der Waals surface area (Å²) in [4.78, 5) is 2.11. The molecule has 0 N–H and O–H groups in total. The molecule has 0 bridgehead atoms. The largest absolute Gasteiger partial charge is 0.494 e. The fraction of sp³-hybridized carbons (Fsp3) is 0.355. The number of alkyl halides is 3. The third kappa shape index (κ3) is 5.78. The lowest BCUT2D eigenvalue weighted by Gasteiger charge is -2.32. The van der Waals surface area contributed by atoms with Gasteiger partial charge in [-0.2, -0.15) is 13.2 Å². The van der Waals surface area contributed by atoms with Crippen LogP contribution in [0.25, 0.3) is 10.8 Å². The molecule has 3 aromatic carbocycles. The van der Waals surface area contributed by atoms with Crippen LogP contribution in [0, 0.1) is 6.92 Å². The highest BCUT2D eigenvalue weighted by Gasteiger charge is 2.51. The molecule has 4 nitrogen and oxygen atoms in total. The van der Waals surface area contributed by atoms with E-state index in [1.807, 2.05) is 64.1 Å². The molecule has 1 aliphatic rings. The highest BCUT2D eigenvalue weighted by atomic mass is 19.4. The van der Waals surface area contributed by atoms with E-state index in [0.717, 1.165) is 39.0 Å². The van der Waals surface area contributed by atoms with Crippen LogP contribution in [0.2, 0.25) is 0 Å². The second-order valence-electron chi connectivity index (χ2n) is 11.3. The van der Waals surface area contributed by atoms with Crippen molar-refractivity contribution in [2.24, 2.45) is 0 Å². The number of hydrogen-bond donors (Lipinski definition) is 0. The first-order chi connectivity index (χ1) is 18.3. The SMILES string of the molecule is Cc1ccc2ccccc2c1CN(Cc1ccc(B2OC(C)(C)C(C)(C)O2)cc1)Cc1ccc(C(F)(F)F)o1. The number of fused-ring (bicyclic) bond motifs is 1. The molecule has 0 radical (unpaired) electrons. The molecule has 4 aromatic rings. The van der Waals surface area contributed by atoms with Crippen molar-refractivity contribution in [3.63, 3.8) is 0 Å². The normalized spacial score (nSPS) is 16.9. The van der Waals surface area contributed by atoms with Crippen molar-refractivity contribution in [3.05, 3.63) is 101 Å². The van der Waals surface area contributed by atoms with Crippen LogP contribution in [0.3, 0.4) is 0 Å². The van der Waals surface area contributed by atoms with E-state index in [0.29, 0.717) is 13.1 Å². The summed E-state index contributed by atoms with van der Waals surface area (Å²) in [6, 6.07) is 22.8. The molecule has 1 saturated heterocycles. The molecule has 0 unspecified atom stereocenters. The van der Waals surface area contributed by atoms with Gasteiger partial charge in [0, 0.05) is 13.1 Å². The molecule has 204 valence electrons. The zero-order valence-corrected chi connectivity index (χ0v) is 22.9. The van der Waals surface area contributed by atoms with Gasteiger partial charge in [0.1, 0.15) is 5.76 Å². The lowest BCUT2D eigenvalue weighted by Crippen LogP contribution is -2.41. The van der Waals surface area contributed by atoms with Gasteiger partial charge in [-0.1, -0.05) is 60.7 Å². The van der Waals surface area contributed by atoms with Gasteiger partial charge >= 0.3 is 13.3 Å². The van der Waals surface area contributed by atoms with Crippen LogP contribution in [0.15, 0.2) is 77.2 Å². The van der Waals surface area contributed by atoms with Crippen molar-refractivity contribution in [1.82, 2.24) is 4.90 Å². The summed E-state index contributed by atoms with van der Waals surface area (Å²) in [5.74, 6) is -0.709. The van der Waals surface area contributed by atoms with Crippen LogP contribution < -0.4 is 5.46 Å². The van der Waals surface area contributed by atoms with Crippen molar-refractivity contribution in [2.45, 2.75) is 71.6 Å². The molecular weight excluding hydrogens is 502 g/mol. The van der Waals surface area contributed by atoms with E-state index in [1.54, 1.807) is 0 Å². The van der Waals surface area contributed by atoms with E-state index in [9.17, 15) is 13.2 Å². The van der Waals surface area contributed by atoms with Gasteiger partial charge in [-0.05, 0) is 79.7 Å². The molecule has 0 saturated carbocycles. The highest BCUT2D eigenvalue weighted by molar-refractivity contribution is 6.62. The van der Waals surface area contributed by atoms with E-state index >= 15 is 0 Å². The maximum atomic E-state index is 13.2. The quantitative estimate of drug-likeness (QED) is 0.233. The fourth-order valence-electron chi connectivity index (χ4n) is 4.90. The molecule has 0 spiro atoms. The molecule has 0 aliphatic carbocycles. The summed E-state index contributed by atoms with van der Waals surface area (Å²) in [7, 11) is -0.456.